The van der Waals surface area contributed by atoms with Gasteiger partial charge in [-0.05, 0) is 32.6 Å². The van der Waals surface area contributed by atoms with Gasteiger partial charge in [0, 0.05) is 19.3 Å². The highest BCUT2D eigenvalue weighted by molar-refractivity contribution is 7.92. The van der Waals surface area contributed by atoms with Crippen molar-refractivity contribution in [2.45, 2.75) is 50.2 Å². The average Bonchev–Trinajstić information content (AvgIpc) is 2.88. The maximum absolute atomic E-state index is 12.8. The number of sulfone groups is 1. The van der Waals surface area contributed by atoms with E-state index in [1.54, 1.807) is 6.92 Å². The smallest absolute Gasteiger partial charge is 0.311 e. The van der Waals surface area contributed by atoms with Crippen LogP contribution in [0.1, 0.15) is 45.4 Å². The van der Waals surface area contributed by atoms with E-state index in [-0.39, 0.29) is 6.54 Å². The quantitative estimate of drug-likeness (QED) is 0.840. The number of carboxylic acids is 1. The van der Waals surface area contributed by atoms with Gasteiger partial charge < -0.3 is 10.0 Å². The normalized spacial score (nSPS) is 29.3. The number of nitrogens with zero attached hydrogens (tertiary/aromatic N) is 1. The molecule has 1 saturated carbocycles. The van der Waals surface area contributed by atoms with E-state index in [0.29, 0.717) is 32.2 Å². The summed E-state index contributed by atoms with van der Waals surface area (Å²) in [7, 11) is -3.51. The van der Waals surface area contributed by atoms with Crippen molar-refractivity contribution in [1.29, 1.82) is 0 Å². The van der Waals surface area contributed by atoms with Gasteiger partial charge in [0.25, 0.3) is 0 Å². The molecule has 1 heterocycles. The molecule has 21 heavy (non-hydrogen) atoms. The van der Waals surface area contributed by atoms with Crippen LogP contribution in [0.3, 0.4) is 0 Å². The molecule has 1 aliphatic heterocycles. The number of hydrogen-bond donors (Lipinski definition) is 1. The Kier molecular flexibility index (Phi) is 4.08. The predicted molar refractivity (Wildman–Crippen MR) is 77.6 cm³/mol. The second-order valence-corrected chi connectivity index (χ2v) is 9.00. The van der Waals surface area contributed by atoms with Crippen molar-refractivity contribution in [1.82, 2.24) is 4.90 Å². The van der Waals surface area contributed by atoms with Gasteiger partial charge in [0.1, 0.15) is 0 Å². The molecule has 0 bridgehead atoms. The lowest BCUT2D eigenvalue weighted by molar-refractivity contribution is -0.154. The Labute approximate surface area is 125 Å². The minimum atomic E-state index is -3.51. The molecule has 2 fully saturated rings. The lowest BCUT2D eigenvalue weighted by atomic mass is 9.81. The van der Waals surface area contributed by atoms with E-state index in [2.05, 4.69) is 0 Å². The summed E-state index contributed by atoms with van der Waals surface area (Å²) in [6.07, 6.45) is 4.38. The molecule has 6 nitrogen and oxygen atoms in total. The molecule has 0 radical (unpaired) electrons. The SMILES string of the molecule is CC1(C(=O)O)CCCN(C(=O)C2(S(C)(=O)=O)CCCC2)C1. The second-order valence-electron chi connectivity index (χ2n) is 6.67. The fourth-order valence-corrected chi connectivity index (χ4v) is 5.04. The molecular weight excluding hydrogens is 294 g/mol. The monoisotopic (exact) mass is 317 g/mol. The largest absolute Gasteiger partial charge is 0.481 e. The second kappa shape index (κ2) is 5.26. The van der Waals surface area contributed by atoms with Gasteiger partial charge in [0.15, 0.2) is 14.6 Å². The van der Waals surface area contributed by atoms with E-state index in [1.165, 1.54) is 4.90 Å². The Hall–Kier alpha value is -1.11. The maximum atomic E-state index is 12.8. The third kappa shape index (κ3) is 2.67. The van der Waals surface area contributed by atoms with Gasteiger partial charge in [-0.2, -0.15) is 0 Å². The van der Waals surface area contributed by atoms with Crippen LogP contribution in [0.4, 0.5) is 0 Å². The Morgan fingerprint density at radius 3 is 2.14 bits per heavy atom. The molecule has 2 rings (SSSR count). The first-order valence-corrected chi connectivity index (χ1v) is 9.24. The minimum Gasteiger partial charge on any atom is -0.481 e. The van der Waals surface area contributed by atoms with Crippen molar-refractivity contribution in [2.75, 3.05) is 19.3 Å². The summed E-state index contributed by atoms with van der Waals surface area (Å²) in [5.41, 5.74) is -0.981. The molecule has 2 aliphatic rings. The molecule has 0 aromatic rings. The molecule has 1 aliphatic carbocycles. The minimum absolute atomic E-state index is 0.0957. The average molecular weight is 317 g/mol. The predicted octanol–water partition coefficient (Wildman–Crippen LogP) is 1.06. The molecule has 1 unspecified atom stereocenters. The Bertz CT molecular complexity index is 550. The van der Waals surface area contributed by atoms with Crippen molar-refractivity contribution >= 4 is 21.7 Å². The Balaban J connectivity index is 2.28. The summed E-state index contributed by atoms with van der Waals surface area (Å²) in [6.45, 7) is 2.16. The van der Waals surface area contributed by atoms with Crippen LogP contribution in [0.2, 0.25) is 0 Å². The third-order valence-corrected chi connectivity index (χ3v) is 7.01. The van der Waals surface area contributed by atoms with Gasteiger partial charge in [-0.3, -0.25) is 9.59 Å². The molecule has 0 aromatic carbocycles. The number of hydrogen-bond acceptors (Lipinski definition) is 4. The van der Waals surface area contributed by atoms with E-state index < -0.39 is 31.9 Å². The molecule has 1 saturated heterocycles. The summed E-state index contributed by atoms with van der Waals surface area (Å²) < 4.78 is 23.0. The molecule has 1 atom stereocenters. The van der Waals surface area contributed by atoms with Crippen LogP contribution in [-0.2, 0) is 19.4 Å². The van der Waals surface area contributed by atoms with Gasteiger partial charge >= 0.3 is 5.97 Å². The van der Waals surface area contributed by atoms with Crippen molar-refractivity contribution < 1.29 is 23.1 Å². The van der Waals surface area contributed by atoms with Gasteiger partial charge in [-0.1, -0.05) is 12.8 Å². The number of piperidine rings is 1. The fraction of sp³-hybridized carbons (Fsp3) is 0.857. The number of amides is 1. The lowest BCUT2D eigenvalue weighted by Crippen LogP contribution is -2.57. The van der Waals surface area contributed by atoms with Crippen LogP contribution in [0.15, 0.2) is 0 Å². The molecule has 1 N–H and O–H groups in total. The Morgan fingerprint density at radius 2 is 1.67 bits per heavy atom. The van der Waals surface area contributed by atoms with Gasteiger partial charge in [0.05, 0.1) is 5.41 Å². The van der Waals surface area contributed by atoms with Crippen LogP contribution < -0.4 is 0 Å². The van der Waals surface area contributed by atoms with E-state index in [1.807, 2.05) is 0 Å². The molecule has 1 amide bonds. The van der Waals surface area contributed by atoms with Crippen LogP contribution in [0.5, 0.6) is 0 Å². The molecular formula is C14H23NO5S. The molecule has 0 aromatic heterocycles. The first-order valence-electron chi connectivity index (χ1n) is 7.35. The summed E-state index contributed by atoms with van der Waals surface area (Å²) in [4.78, 5) is 25.7. The number of aliphatic carboxylic acids is 1. The zero-order valence-corrected chi connectivity index (χ0v) is 13.4. The Morgan fingerprint density at radius 1 is 1.10 bits per heavy atom. The fourth-order valence-electron chi connectivity index (χ4n) is 3.56. The maximum Gasteiger partial charge on any atom is 0.311 e. The van der Waals surface area contributed by atoms with Crippen molar-refractivity contribution in [3.8, 4) is 0 Å². The number of carbonyl (C=O) groups excluding carboxylic acids is 1. The standard InChI is InChI=1S/C14H23NO5S/c1-13(12(17)18)6-5-9-15(10-13)11(16)14(21(2,19)20)7-3-4-8-14/h3-10H2,1-2H3,(H,17,18). The van der Waals surface area contributed by atoms with Crippen molar-refractivity contribution in [2.24, 2.45) is 5.41 Å². The van der Waals surface area contributed by atoms with E-state index >= 15 is 0 Å². The van der Waals surface area contributed by atoms with Crippen LogP contribution in [0, 0.1) is 5.41 Å². The summed E-state index contributed by atoms with van der Waals surface area (Å²) in [5, 5.41) is 9.33. The lowest BCUT2D eigenvalue weighted by Gasteiger charge is -2.41. The van der Waals surface area contributed by atoms with Crippen LogP contribution >= 0.6 is 0 Å². The van der Waals surface area contributed by atoms with Gasteiger partial charge in [-0.15, -0.1) is 0 Å². The van der Waals surface area contributed by atoms with Crippen LogP contribution in [-0.4, -0.2) is 54.4 Å². The summed E-state index contributed by atoms with van der Waals surface area (Å²) >= 11 is 0. The first-order chi connectivity index (χ1) is 9.62. The topological polar surface area (TPSA) is 91.8 Å². The van der Waals surface area contributed by atoms with E-state index in [9.17, 15) is 23.1 Å². The number of carbonyl (C=O) groups is 2. The van der Waals surface area contributed by atoms with Gasteiger partial charge in [-0.25, -0.2) is 8.42 Å². The zero-order chi connectivity index (χ0) is 15.9. The highest BCUT2D eigenvalue weighted by Crippen LogP contribution is 2.40. The summed E-state index contributed by atoms with van der Waals surface area (Å²) in [6, 6.07) is 0. The van der Waals surface area contributed by atoms with Crippen LogP contribution in [0.25, 0.3) is 0 Å². The van der Waals surface area contributed by atoms with Crippen molar-refractivity contribution in [3.63, 3.8) is 0 Å². The third-order valence-electron chi connectivity index (χ3n) is 5.01. The molecule has 0 spiro atoms. The van der Waals surface area contributed by atoms with Crippen molar-refractivity contribution in [3.05, 3.63) is 0 Å². The van der Waals surface area contributed by atoms with Gasteiger partial charge in [0.2, 0.25) is 5.91 Å². The first kappa shape index (κ1) is 16.3. The number of rotatable bonds is 3. The van der Waals surface area contributed by atoms with E-state index in [4.69, 9.17) is 0 Å². The van der Waals surface area contributed by atoms with E-state index in [0.717, 1.165) is 19.1 Å². The zero-order valence-electron chi connectivity index (χ0n) is 12.6. The summed E-state index contributed by atoms with van der Waals surface area (Å²) in [5.74, 6) is -1.32. The highest BCUT2D eigenvalue weighted by Gasteiger charge is 2.53. The number of carboxylic acid groups (broad SMARTS) is 1. The molecule has 7 heteroatoms. The highest BCUT2D eigenvalue weighted by atomic mass is 32.2. The molecule has 120 valence electrons. The number of likely N-dealkylation sites (tertiary alicyclic amines) is 1.